The predicted molar refractivity (Wildman–Crippen MR) is 75.1 cm³/mol. The number of nitrogens with zero attached hydrogens (tertiary/aromatic N) is 2. The Labute approximate surface area is 109 Å². The largest absolute Gasteiger partial charge is 0.357 e. The second-order valence-corrected chi connectivity index (χ2v) is 6.47. The number of fused-ring (bicyclic) bond motifs is 1. The molecule has 0 amide bonds. The molecule has 2 aromatic heterocycles. The van der Waals surface area contributed by atoms with Crippen molar-refractivity contribution in [3.05, 3.63) is 11.4 Å². The van der Waals surface area contributed by atoms with Crippen LogP contribution in [0, 0.1) is 0 Å². The van der Waals surface area contributed by atoms with Gasteiger partial charge >= 0.3 is 0 Å². The molecule has 0 bridgehead atoms. The Kier molecular flexibility index (Phi) is 3.20. The third-order valence-electron chi connectivity index (χ3n) is 3.08. The van der Waals surface area contributed by atoms with Gasteiger partial charge in [0.25, 0.3) is 0 Å². The fourth-order valence-electron chi connectivity index (χ4n) is 2.19. The van der Waals surface area contributed by atoms with Crippen LogP contribution in [0.2, 0.25) is 0 Å². The van der Waals surface area contributed by atoms with Gasteiger partial charge in [0.15, 0.2) is 0 Å². The summed E-state index contributed by atoms with van der Waals surface area (Å²) in [6.07, 6.45) is 5.40. The minimum Gasteiger partial charge on any atom is -0.357 e. The third kappa shape index (κ3) is 2.26. The lowest BCUT2D eigenvalue weighted by molar-refractivity contribution is 0.886. The Bertz CT molecular complexity index is 517. The first-order valence-corrected chi connectivity index (χ1v) is 7.72. The van der Waals surface area contributed by atoms with Crippen molar-refractivity contribution in [2.24, 2.45) is 0 Å². The predicted octanol–water partition coefficient (Wildman–Crippen LogP) is 3.77. The highest BCUT2D eigenvalue weighted by Gasteiger charge is 2.19. The highest BCUT2D eigenvalue weighted by atomic mass is 32.2. The van der Waals surface area contributed by atoms with Crippen molar-refractivity contribution in [1.29, 1.82) is 0 Å². The Balaban J connectivity index is 1.97. The van der Waals surface area contributed by atoms with E-state index < -0.39 is 0 Å². The number of nitrogens with one attached hydrogen (secondary N) is 1. The molecule has 5 heteroatoms. The molecule has 0 atom stereocenters. The fraction of sp³-hybridized carbons (Fsp3) is 0.500. The number of anilines is 1. The van der Waals surface area contributed by atoms with Gasteiger partial charge in [0.05, 0.1) is 10.2 Å². The molecule has 0 radical (unpaired) electrons. The number of rotatable bonds is 3. The molecule has 17 heavy (non-hydrogen) atoms. The number of aromatic nitrogens is 2. The summed E-state index contributed by atoms with van der Waals surface area (Å²) in [6, 6.07) is 2.07. The molecule has 2 aromatic rings. The molecule has 0 saturated heterocycles. The zero-order valence-electron chi connectivity index (χ0n) is 9.77. The summed E-state index contributed by atoms with van der Waals surface area (Å²) in [6.45, 7) is 0. The maximum atomic E-state index is 4.61. The van der Waals surface area contributed by atoms with Gasteiger partial charge in [0.1, 0.15) is 5.03 Å². The summed E-state index contributed by atoms with van der Waals surface area (Å²) in [5.74, 6) is 0.733. The molecule has 1 fully saturated rings. The van der Waals surface area contributed by atoms with Crippen LogP contribution in [0.25, 0.3) is 10.2 Å². The van der Waals surface area contributed by atoms with Crippen LogP contribution in [-0.2, 0) is 0 Å². The van der Waals surface area contributed by atoms with Gasteiger partial charge in [0, 0.05) is 12.3 Å². The van der Waals surface area contributed by atoms with E-state index in [1.807, 2.05) is 18.8 Å². The fourth-order valence-corrected chi connectivity index (χ4v) is 4.43. The van der Waals surface area contributed by atoms with Crippen LogP contribution in [0.3, 0.4) is 0 Å². The lowest BCUT2D eigenvalue weighted by Crippen LogP contribution is -2.00. The molecular formula is C12H15N3S2. The minimum atomic E-state index is 0.733. The number of thioether (sulfide) groups is 1. The number of thiophene rings is 1. The van der Waals surface area contributed by atoms with Crippen LogP contribution in [0.15, 0.2) is 16.5 Å². The third-order valence-corrected chi connectivity index (χ3v) is 5.44. The molecule has 0 spiro atoms. The van der Waals surface area contributed by atoms with Crippen LogP contribution < -0.4 is 5.32 Å². The van der Waals surface area contributed by atoms with E-state index >= 15 is 0 Å². The van der Waals surface area contributed by atoms with E-state index in [1.165, 1.54) is 30.4 Å². The van der Waals surface area contributed by atoms with E-state index in [1.54, 1.807) is 11.3 Å². The summed E-state index contributed by atoms with van der Waals surface area (Å²) in [5.41, 5.74) is 1.06. The van der Waals surface area contributed by atoms with Crippen LogP contribution in [-0.4, -0.2) is 22.3 Å². The average Bonchev–Trinajstić information content (AvgIpc) is 2.98. The van der Waals surface area contributed by atoms with Crippen molar-refractivity contribution in [1.82, 2.24) is 9.97 Å². The molecular weight excluding hydrogens is 250 g/mol. The topological polar surface area (TPSA) is 37.8 Å². The van der Waals surface area contributed by atoms with Crippen LogP contribution >= 0.6 is 23.1 Å². The second-order valence-electron chi connectivity index (χ2n) is 4.26. The zero-order chi connectivity index (χ0) is 11.7. The van der Waals surface area contributed by atoms with Gasteiger partial charge in [-0.15, -0.1) is 23.1 Å². The second kappa shape index (κ2) is 4.82. The van der Waals surface area contributed by atoms with Crippen molar-refractivity contribution in [3.8, 4) is 0 Å². The Morgan fingerprint density at radius 1 is 1.35 bits per heavy atom. The number of hydrogen-bond acceptors (Lipinski definition) is 5. The zero-order valence-corrected chi connectivity index (χ0v) is 11.4. The van der Waals surface area contributed by atoms with E-state index in [2.05, 4.69) is 26.7 Å². The van der Waals surface area contributed by atoms with Crippen LogP contribution in [0.4, 0.5) is 5.95 Å². The van der Waals surface area contributed by atoms with E-state index in [0.29, 0.717) is 0 Å². The van der Waals surface area contributed by atoms with Crippen molar-refractivity contribution in [2.45, 2.75) is 36.0 Å². The smallest absolute Gasteiger partial charge is 0.224 e. The first-order chi connectivity index (χ1) is 8.36. The van der Waals surface area contributed by atoms with E-state index in [0.717, 1.165) is 21.7 Å². The van der Waals surface area contributed by atoms with E-state index in [4.69, 9.17) is 0 Å². The van der Waals surface area contributed by atoms with Gasteiger partial charge in [-0.05, 0) is 24.3 Å². The van der Waals surface area contributed by atoms with Gasteiger partial charge < -0.3 is 5.32 Å². The minimum absolute atomic E-state index is 0.733. The molecule has 0 aliphatic heterocycles. The van der Waals surface area contributed by atoms with Gasteiger partial charge in [-0.2, -0.15) is 0 Å². The molecule has 90 valence electrons. The standard InChI is InChI=1S/C12H15N3S2/c1-13-12-14-9-6-7-16-10(9)11(15-12)17-8-4-2-3-5-8/h6-8H,2-5H2,1H3,(H,13,14,15). The first-order valence-electron chi connectivity index (χ1n) is 5.96. The maximum Gasteiger partial charge on any atom is 0.224 e. The van der Waals surface area contributed by atoms with Crippen molar-refractivity contribution >= 4 is 39.3 Å². The molecule has 0 unspecified atom stereocenters. The summed E-state index contributed by atoms with van der Waals surface area (Å²) < 4.78 is 1.24. The summed E-state index contributed by atoms with van der Waals surface area (Å²) in [7, 11) is 1.87. The van der Waals surface area contributed by atoms with Gasteiger partial charge in [0.2, 0.25) is 5.95 Å². The highest BCUT2D eigenvalue weighted by molar-refractivity contribution is 8.00. The van der Waals surface area contributed by atoms with Crippen molar-refractivity contribution in [3.63, 3.8) is 0 Å². The van der Waals surface area contributed by atoms with Crippen LogP contribution in [0.1, 0.15) is 25.7 Å². The van der Waals surface area contributed by atoms with Gasteiger partial charge in [-0.1, -0.05) is 12.8 Å². The molecule has 1 N–H and O–H groups in total. The number of hydrogen-bond donors (Lipinski definition) is 1. The molecule has 1 aliphatic rings. The quantitative estimate of drug-likeness (QED) is 0.857. The summed E-state index contributed by atoms with van der Waals surface area (Å²) >= 11 is 3.68. The average molecular weight is 265 g/mol. The van der Waals surface area contributed by atoms with Gasteiger partial charge in [-0.25, -0.2) is 9.97 Å². The molecule has 3 rings (SSSR count). The summed E-state index contributed by atoms with van der Waals surface area (Å²) in [5, 5.41) is 7.04. The molecule has 0 aromatic carbocycles. The monoisotopic (exact) mass is 265 g/mol. The molecule has 2 heterocycles. The molecule has 1 aliphatic carbocycles. The SMILES string of the molecule is CNc1nc(SC2CCCC2)c2sccc2n1. The van der Waals surface area contributed by atoms with E-state index in [-0.39, 0.29) is 0 Å². The molecule has 1 saturated carbocycles. The molecule has 3 nitrogen and oxygen atoms in total. The van der Waals surface area contributed by atoms with Crippen molar-refractivity contribution < 1.29 is 0 Å². The summed E-state index contributed by atoms with van der Waals surface area (Å²) in [4.78, 5) is 9.07. The highest BCUT2D eigenvalue weighted by Crippen LogP contribution is 2.38. The van der Waals surface area contributed by atoms with Crippen LogP contribution in [0.5, 0.6) is 0 Å². The lowest BCUT2D eigenvalue weighted by Gasteiger charge is -2.09. The maximum absolute atomic E-state index is 4.61. The Morgan fingerprint density at radius 3 is 2.94 bits per heavy atom. The van der Waals surface area contributed by atoms with Gasteiger partial charge in [-0.3, -0.25) is 0 Å². The van der Waals surface area contributed by atoms with E-state index in [9.17, 15) is 0 Å². The first kappa shape index (κ1) is 11.3. The van der Waals surface area contributed by atoms with Crippen molar-refractivity contribution in [2.75, 3.05) is 12.4 Å². The lowest BCUT2D eigenvalue weighted by atomic mass is 10.4. The normalized spacial score (nSPS) is 16.8. The Morgan fingerprint density at radius 2 is 2.18 bits per heavy atom. The Hall–Kier alpha value is -0.810.